The van der Waals surface area contributed by atoms with Crippen molar-refractivity contribution in [3.05, 3.63) is 71.3 Å². The zero-order valence-corrected chi connectivity index (χ0v) is 18.3. The van der Waals surface area contributed by atoms with Crippen LogP contribution in [0.2, 0.25) is 0 Å². The van der Waals surface area contributed by atoms with Crippen LogP contribution >= 0.6 is 0 Å². The summed E-state index contributed by atoms with van der Waals surface area (Å²) in [4.78, 5) is 35.8. The predicted molar refractivity (Wildman–Crippen MR) is 121 cm³/mol. The molecule has 168 valence electrons. The molecule has 0 aromatic heterocycles. The van der Waals surface area contributed by atoms with Crippen LogP contribution in [0, 0.1) is 0 Å². The smallest absolute Gasteiger partial charge is 0.407 e. The van der Waals surface area contributed by atoms with Gasteiger partial charge in [0.2, 0.25) is 5.91 Å². The molecule has 0 saturated carbocycles. The van der Waals surface area contributed by atoms with Crippen molar-refractivity contribution in [2.24, 2.45) is 0 Å². The van der Waals surface area contributed by atoms with Gasteiger partial charge in [0.1, 0.15) is 12.6 Å². The number of hydrogen-bond donors (Lipinski definition) is 3. The number of carboxylic acids is 1. The summed E-state index contributed by atoms with van der Waals surface area (Å²) in [6, 6.07) is 15.4. The number of rotatable bonds is 9. The van der Waals surface area contributed by atoms with E-state index in [4.69, 9.17) is 9.84 Å². The number of carbonyl (C=O) groups is 3. The number of ether oxygens (including phenoxy) is 1. The molecule has 1 aliphatic rings. The third kappa shape index (κ3) is 5.35. The minimum Gasteiger partial charge on any atom is -0.478 e. The van der Waals surface area contributed by atoms with Gasteiger partial charge in [0.15, 0.2) is 0 Å². The van der Waals surface area contributed by atoms with E-state index >= 15 is 0 Å². The summed E-state index contributed by atoms with van der Waals surface area (Å²) in [5, 5.41) is 14.1. The lowest BCUT2D eigenvalue weighted by molar-refractivity contribution is -0.132. The van der Waals surface area contributed by atoms with Crippen LogP contribution in [0.5, 0.6) is 0 Å². The summed E-state index contributed by atoms with van der Waals surface area (Å²) in [6.45, 7) is 3.60. The number of aliphatic carboxylic acids is 1. The molecule has 32 heavy (non-hydrogen) atoms. The molecule has 0 spiro atoms. The van der Waals surface area contributed by atoms with Gasteiger partial charge in [0.25, 0.3) is 0 Å². The van der Waals surface area contributed by atoms with Gasteiger partial charge in [0.05, 0.1) is 0 Å². The number of nitrogens with one attached hydrogen (secondary N) is 2. The molecule has 0 unspecified atom stereocenters. The second-order valence-electron chi connectivity index (χ2n) is 7.75. The van der Waals surface area contributed by atoms with E-state index in [1.54, 1.807) is 0 Å². The standard InChI is InChI=1S/C25H28N2O5/c1-3-8-22(23(28)26-14-13-16(2)24(29)30)27-25(31)32-15-21-19-11-6-4-9-17(19)18-10-5-7-12-20(18)21/h4-7,9-13,21-22H,3,8,14-15H2,1-2H3,(H,26,28)(H,27,31)(H,29,30)/b16-13+/t22-/m0/s1. The molecule has 2 aromatic rings. The van der Waals surface area contributed by atoms with Crippen LogP contribution in [0.1, 0.15) is 43.7 Å². The Bertz CT molecular complexity index is 985. The molecular weight excluding hydrogens is 408 g/mol. The quantitative estimate of drug-likeness (QED) is 0.518. The van der Waals surface area contributed by atoms with E-state index in [1.165, 1.54) is 13.0 Å². The van der Waals surface area contributed by atoms with Gasteiger partial charge in [-0.25, -0.2) is 9.59 Å². The van der Waals surface area contributed by atoms with E-state index in [1.807, 2.05) is 43.3 Å². The monoisotopic (exact) mass is 436 g/mol. The average molecular weight is 437 g/mol. The highest BCUT2D eigenvalue weighted by Gasteiger charge is 2.29. The molecule has 0 bridgehead atoms. The second kappa shape index (κ2) is 10.6. The van der Waals surface area contributed by atoms with E-state index in [0.29, 0.717) is 12.8 Å². The van der Waals surface area contributed by atoms with Gasteiger partial charge in [-0.2, -0.15) is 0 Å². The fraction of sp³-hybridized carbons (Fsp3) is 0.320. The third-order valence-corrected chi connectivity index (χ3v) is 5.55. The Labute approximate surface area is 187 Å². The van der Waals surface area contributed by atoms with Crippen LogP contribution in [-0.4, -0.2) is 42.3 Å². The number of benzene rings is 2. The molecule has 3 rings (SSSR count). The Morgan fingerprint density at radius 3 is 2.22 bits per heavy atom. The van der Waals surface area contributed by atoms with Gasteiger partial charge in [-0.15, -0.1) is 0 Å². The van der Waals surface area contributed by atoms with Crippen molar-refractivity contribution in [3.63, 3.8) is 0 Å². The molecule has 7 nitrogen and oxygen atoms in total. The van der Waals surface area contributed by atoms with Crippen molar-refractivity contribution in [3.8, 4) is 11.1 Å². The van der Waals surface area contributed by atoms with Crippen LogP contribution in [0.3, 0.4) is 0 Å². The number of alkyl carbamates (subject to hydrolysis) is 1. The Morgan fingerprint density at radius 1 is 1.06 bits per heavy atom. The topological polar surface area (TPSA) is 105 Å². The van der Waals surface area contributed by atoms with Gasteiger partial charge < -0.3 is 20.5 Å². The molecule has 7 heteroatoms. The van der Waals surface area contributed by atoms with Crippen molar-refractivity contribution in [1.82, 2.24) is 10.6 Å². The Balaban J connectivity index is 1.60. The van der Waals surface area contributed by atoms with Gasteiger partial charge >= 0.3 is 12.1 Å². The molecular formula is C25H28N2O5. The molecule has 0 fully saturated rings. The maximum atomic E-state index is 12.5. The van der Waals surface area contributed by atoms with Crippen LogP contribution in [-0.2, 0) is 14.3 Å². The number of fused-ring (bicyclic) bond motifs is 3. The lowest BCUT2D eigenvalue weighted by atomic mass is 9.98. The fourth-order valence-electron chi connectivity index (χ4n) is 3.86. The van der Waals surface area contributed by atoms with Crippen molar-refractivity contribution >= 4 is 18.0 Å². The molecule has 0 radical (unpaired) electrons. The number of amides is 2. The summed E-state index contributed by atoms with van der Waals surface area (Å²) in [6.07, 6.45) is 1.89. The summed E-state index contributed by atoms with van der Waals surface area (Å²) >= 11 is 0. The van der Waals surface area contributed by atoms with E-state index in [9.17, 15) is 14.4 Å². The largest absolute Gasteiger partial charge is 0.478 e. The summed E-state index contributed by atoms with van der Waals surface area (Å²) in [5.41, 5.74) is 4.66. The second-order valence-corrected chi connectivity index (χ2v) is 7.75. The van der Waals surface area contributed by atoms with Crippen LogP contribution in [0.15, 0.2) is 60.2 Å². The normalized spacial score (nSPS) is 13.6. The summed E-state index contributed by atoms with van der Waals surface area (Å²) in [7, 11) is 0. The van der Waals surface area contributed by atoms with E-state index < -0.39 is 18.1 Å². The van der Waals surface area contributed by atoms with Gasteiger partial charge in [0, 0.05) is 18.0 Å². The molecule has 1 atom stereocenters. The minimum atomic E-state index is -1.04. The molecule has 3 N–H and O–H groups in total. The first kappa shape index (κ1) is 23.1. The van der Waals surface area contributed by atoms with Crippen molar-refractivity contribution in [2.75, 3.05) is 13.2 Å². The van der Waals surface area contributed by atoms with Gasteiger partial charge in [-0.1, -0.05) is 68.0 Å². The molecule has 1 aliphatic carbocycles. The van der Waals surface area contributed by atoms with Crippen LogP contribution in [0.25, 0.3) is 11.1 Å². The highest BCUT2D eigenvalue weighted by atomic mass is 16.5. The maximum Gasteiger partial charge on any atom is 0.407 e. The zero-order valence-electron chi connectivity index (χ0n) is 18.3. The molecule has 0 saturated heterocycles. The lowest BCUT2D eigenvalue weighted by Gasteiger charge is -2.19. The number of carbonyl (C=O) groups excluding carboxylic acids is 2. The molecule has 0 heterocycles. The fourth-order valence-corrected chi connectivity index (χ4v) is 3.86. The Kier molecular flexibility index (Phi) is 7.65. The average Bonchev–Trinajstić information content (AvgIpc) is 3.11. The van der Waals surface area contributed by atoms with Crippen molar-refractivity contribution in [1.29, 1.82) is 0 Å². The third-order valence-electron chi connectivity index (χ3n) is 5.55. The predicted octanol–water partition coefficient (Wildman–Crippen LogP) is 3.84. The lowest BCUT2D eigenvalue weighted by Crippen LogP contribution is -2.47. The number of carboxylic acid groups (broad SMARTS) is 1. The maximum absolute atomic E-state index is 12.5. The first-order chi connectivity index (χ1) is 15.4. The van der Waals surface area contributed by atoms with Crippen LogP contribution < -0.4 is 10.6 Å². The van der Waals surface area contributed by atoms with Crippen molar-refractivity contribution < 1.29 is 24.2 Å². The van der Waals surface area contributed by atoms with E-state index in [-0.39, 0.29) is 30.5 Å². The zero-order chi connectivity index (χ0) is 23.1. The molecule has 0 aliphatic heterocycles. The molecule has 2 amide bonds. The van der Waals surface area contributed by atoms with E-state index in [2.05, 4.69) is 22.8 Å². The summed E-state index contributed by atoms with van der Waals surface area (Å²) in [5.74, 6) is -1.48. The molecule has 2 aromatic carbocycles. The Hall–Kier alpha value is -3.61. The van der Waals surface area contributed by atoms with Crippen LogP contribution in [0.4, 0.5) is 4.79 Å². The minimum absolute atomic E-state index is 0.0595. The number of hydrogen-bond acceptors (Lipinski definition) is 4. The highest BCUT2D eigenvalue weighted by Crippen LogP contribution is 2.44. The first-order valence-corrected chi connectivity index (χ1v) is 10.7. The van der Waals surface area contributed by atoms with E-state index in [0.717, 1.165) is 22.3 Å². The van der Waals surface area contributed by atoms with Gasteiger partial charge in [-0.05, 0) is 35.6 Å². The SMILES string of the molecule is CCC[C@H](NC(=O)OCC1c2ccccc2-c2ccccc21)C(=O)NC/C=C(\C)C(=O)O. The van der Waals surface area contributed by atoms with Crippen molar-refractivity contribution in [2.45, 2.75) is 38.6 Å². The summed E-state index contributed by atoms with van der Waals surface area (Å²) < 4.78 is 5.52. The first-order valence-electron chi connectivity index (χ1n) is 10.7. The highest BCUT2D eigenvalue weighted by molar-refractivity contribution is 5.87. The van der Waals surface area contributed by atoms with Gasteiger partial charge in [-0.3, -0.25) is 4.79 Å². The Morgan fingerprint density at radius 2 is 1.66 bits per heavy atom.